The summed E-state index contributed by atoms with van der Waals surface area (Å²) in [5.41, 5.74) is 3.06. The largest absolute Gasteiger partial charge is 0.343 e. The number of hydrogen-bond donors (Lipinski definition) is 1. The van der Waals surface area contributed by atoms with Crippen molar-refractivity contribution in [1.82, 2.24) is 0 Å². The average Bonchev–Trinajstić information content (AvgIpc) is 2.19. The van der Waals surface area contributed by atoms with Crippen molar-refractivity contribution in [3.05, 3.63) is 28.2 Å². The number of benzene rings is 1. The maximum absolute atomic E-state index is 10.8. The summed E-state index contributed by atoms with van der Waals surface area (Å²) in [5, 5.41) is 0.864. The highest BCUT2D eigenvalue weighted by Crippen LogP contribution is 2.24. The van der Waals surface area contributed by atoms with E-state index in [9.17, 15) is 4.79 Å². The Morgan fingerprint density at radius 1 is 1.43 bits per heavy atom. The Hall–Kier alpha value is -0.930. The predicted molar refractivity (Wildman–Crippen MR) is 56.5 cm³/mol. The van der Waals surface area contributed by atoms with E-state index >= 15 is 0 Å². The molecule has 0 aliphatic heterocycles. The summed E-state index contributed by atoms with van der Waals surface area (Å²) < 4.78 is 0. The van der Waals surface area contributed by atoms with Gasteiger partial charge in [0.1, 0.15) is 0 Å². The van der Waals surface area contributed by atoms with Gasteiger partial charge in [0.25, 0.3) is 0 Å². The third-order valence-corrected chi connectivity index (χ3v) is 2.23. The quantitative estimate of drug-likeness (QED) is 0.815. The molecule has 0 atom stereocenters. The van der Waals surface area contributed by atoms with Gasteiger partial charge in [0.05, 0.1) is 15.7 Å². The van der Waals surface area contributed by atoms with Gasteiger partial charge in [-0.3, -0.25) is 0 Å². The maximum Gasteiger partial charge on any atom is 0.331 e. The summed E-state index contributed by atoms with van der Waals surface area (Å²) in [7, 11) is 0. The standard InChI is InChI=1S/C9H9Cl2NO2/c1-2-9(13)14-12-6-3-4-7(10)8(11)5-6/h3-5,12H,2H2,1H3. The molecule has 76 valence electrons. The van der Waals surface area contributed by atoms with Crippen molar-refractivity contribution >= 4 is 34.9 Å². The molecule has 0 fully saturated rings. The number of rotatable bonds is 3. The van der Waals surface area contributed by atoms with E-state index in [1.54, 1.807) is 25.1 Å². The lowest BCUT2D eigenvalue weighted by atomic mass is 10.3. The smallest absolute Gasteiger partial charge is 0.331 e. The van der Waals surface area contributed by atoms with E-state index in [1.807, 2.05) is 0 Å². The minimum atomic E-state index is -0.337. The van der Waals surface area contributed by atoms with Crippen LogP contribution >= 0.6 is 23.2 Å². The molecule has 3 nitrogen and oxygen atoms in total. The minimum Gasteiger partial charge on any atom is -0.343 e. The van der Waals surface area contributed by atoms with Gasteiger partial charge in [-0.2, -0.15) is 0 Å². The average molecular weight is 234 g/mol. The number of halogens is 2. The number of anilines is 1. The molecule has 14 heavy (non-hydrogen) atoms. The van der Waals surface area contributed by atoms with Gasteiger partial charge >= 0.3 is 5.97 Å². The zero-order chi connectivity index (χ0) is 10.6. The number of hydrogen-bond acceptors (Lipinski definition) is 3. The van der Waals surface area contributed by atoms with Gasteiger partial charge in [-0.25, -0.2) is 10.3 Å². The van der Waals surface area contributed by atoms with Crippen LogP contribution in [0.4, 0.5) is 5.69 Å². The van der Waals surface area contributed by atoms with E-state index in [0.717, 1.165) is 0 Å². The Morgan fingerprint density at radius 3 is 2.71 bits per heavy atom. The van der Waals surface area contributed by atoms with E-state index in [0.29, 0.717) is 22.2 Å². The molecule has 0 aliphatic rings. The molecule has 0 unspecified atom stereocenters. The van der Waals surface area contributed by atoms with Gasteiger partial charge in [0.15, 0.2) is 0 Å². The monoisotopic (exact) mass is 233 g/mol. The van der Waals surface area contributed by atoms with Crippen molar-refractivity contribution in [3.63, 3.8) is 0 Å². The highest BCUT2D eigenvalue weighted by atomic mass is 35.5. The van der Waals surface area contributed by atoms with Crippen LogP contribution in [-0.2, 0) is 9.63 Å². The topological polar surface area (TPSA) is 38.3 Å². The first kappa shape index (κ1) is 11.1. The molecule has 0 aromatic heterocycles. The number of carbonyl (C=O) groups excluding carboxylic acids is 1. The van der Waals surface area contributed by atoms with Gasteiger partial charge < -0.3 is 4.84 Å². The molecule has 1 aromatic carbocycles. The summed E-state index contributed by atoms with van der Waals surface area (Å²) in [5.74, 6) is -0.337. The lowest BCUT2D eigenvalue weighted by molar-refractivity contribution is -0.140. The maximum atomic E-state index is 10.8. The Labute approximate surface area is 91.9 Å². The first-order chi connectivity index (χ1) is 6.63. The third kappa shape index (κ3) is 3.09. The molecule has 0 bridgehead atoms. The fourth-order valence-corrected chi connectivity index (χ4v) is 1.05. The van der Waals surface area contributed by atoms with Crippen LogP contribution in [0.5, 0.6) is 0 Å². The van der Waals surface area contributed by atoms with E-state index in [4.69, 9.17) is 23.2 Å². The molecule has 1 aromatic rings. The van der Waals surface area contributed by atoms with Crippen molar-refractivity contribution in [2.45, 2.75) is 13.3 Å². The Kier molecular flexibility index (Phi) is 4.04. The normalized spacial score (nSPS) is 9.64. The van der Waals surface area contributed by atoms with Gasteiger partial charge in [0.2, 0.25) is 0 Å². The molecule has 0 saturated heterocycles. The summed E-state index contributed by atoms with van der Waals surface area (Å²) in [6.07, 6.45) is 0.314. The molecule has 1 N–H and O–H groups in total. The first-order valence-corrected chi connectivity index (χ1v) is 4.79. The molecule has 0 amide bonds. The van der Waals surface area contributed by atoms with Gasteiger partial charge in [-0.05, 0) is 18.2 Å². The van der Waals surface area contributed by atoms with Crippen LogP contribution in [0.2, 0.25) is 10.0 Å². The van der Waals surface area contributed by atoms with E-state index in [1.165, 1.54) is 0 Å². The van der Waals surface area contributed by atoms with E-state index < -0.39 is 0 Å². The lowest BCUT2D eigenvalue weighted by Gasteiger charge is -2.06. The van der Waals surface area contributed by atoms with Gasteiger partial charge in [-0.1, -0.05) is 30.1 Å². The van der Waals surface area contributed by atoms with Crippen LogP contribution in [0, 0.1) is 0 Å². The number of nitrogens with one attached hydrogen (secondary N) is 1. The zero-order valence-electron chi connectivity index (χ0n) is 7.51. The highest BCUT2D eigenvalue weighted by Gasteiger charge is 2.01. The summed E-state index contributed by atoms with van der Waals surface area (Å²) in [6, 6.07) is 4.86. The second kappa shape index (κ2) is 5.08. The molecule has 0 radical (unpaired) electrons. The molecule has 1 rings (SSSR count). The molecule has 0 heterocycles. The minimum absolute atomic E-state index is 0.314. The summed E-state index contributed by atoms with van der Waals surface area (Å²) >= 11 is 11.5. The molecule has 5 heteroatoms. The molecule has 0 saturated carbocycles. The molecule has 0 aliphatic carbocycles. The van der Waals surface area contributed by atoms with Crippen LogP contribution in [-0.4, -0.2) is 5.97 Å². The van der Waals surface area contributed by atoms with Crippen molar-refractivity contribution < 1.29 is 9.63 Å². The summed E-state index contributed by atoms with van der Waals surface area (Å²) in [6.45, 7) is 1.71. The second-order valence-corrected chi connectivity index (χ2v) is 3.37. The predicted octanol–water partition coefficient (Wildman–Crippen LogP) is 3.27. The molecule has 0 spiro atoms. The number of carbonyl (C=O) groups is 1. The van der Waals surface area contributed by atoms with E-state index in [2.05, 4.69) is 10.3 Å². The van der Waals surface area contributed by atoms with Crippen molar-refractivity contribution in [2.24, 2.45) is 0 Å². The van der Waals surface area contributed by atoms with Crippen LogP contribution in [0.1, 0.15) is 13.3 Å². The molecular formula is C9H9Cl2NO2. The fourth-order valence-electron chi connectivity index (χ4n) is 0.748. The Bertz CT molecular complexity index is 342. The Morgan fingerprint density at radius 2 is 2.14 bits per heavy atom. The van der Waals surface area contributed by atoms with Crippen LogP contribution < -0.4 is 5.48 Å². The van der Waals surface area contributed by atoms with E-state index in [-0.39, 0.29) is 5.97 Å². The van der Waals surface area contributed by atoms with Crippen molar-refractivity contribution in [1.29, 1.82) is 0 Å². The second-order valence-electron chi connectivity index (χ2n) is 2.56. The van der Waals surface area contributed by atoms with Crippen LogP contribution in [0.3, 0.4) is 0 Å². The van der Waals surface area contributed by atoms with Gasteiger partial charge in [0, 0.05) is 6.42 Å². The fraction of sp³-hybridized carbons (Fsp3) is 0.222. The lowest BCUT2D eigenvalue weighted by Crippen LogP contribution is -2.08. The van der Waals surface area contributed by atoms with Crippen molar-refractivity contribution in [3.8, 4) is 0 Å². The van der Waals surface area contributed by atoms with Crippen LogP contribution in [0.25, 0.3) is 0 Å². The zero-order valence-corrected chi connectivity index (χ0v) is 9.02. The van der Waals surface area contributed by atoms with Gasteiger partial charge in [-0.15, -0.1) is 0 Å². The molecular weight excluding hydrogens is 225 g/mol. The first-order valence-electron chi connectivity index (χ1n) is 4.04. The van der Waals surface area contributed by atoms with Crippen molar-refractivity contribution in [2.75, 3.05) is 5.48 Å². The van der Waals surface area contributed by atoms with Crippen LogP contribution in [0.15, 0.2) is 18.2 Å². The highest BCUT2D eigenvalue weighted by molar-refractivity contribution is 6.42. The third-order valence-electron chi connectivity index (χ3n) is 1.49. The summed E-state index contributed by atoms with van der Waals surface area (Å²) in [4.78, 5) is 15.5. The SMILES string of the molecule is CCC(=O)ONc1ccc(Cl)c(Cl)c1. The Balaban J connectivity index is 2.60.